The minimum Gasteiger partial charge on any atom is -0.368 e. The maximum Gasteiger partial charge on any atom is 0.00800 e. The predicted molar refractivity (Wildman–Crippen MR) is 103 cm³/mol. The van der Waals surface area contributed by atoms with E-state index in [1.165, 1.54) is 22.3 Å². The molecule has 0 amide bonds. The van der Waals surface area contributed by atoms with E-state index in [1.807, 2.05) is 13.1 Å². The van der Waals surface area contributed by atoms with E-state index in [9.17, 15) is 0 Å². The molecular weight excluding hydrogens is 278 g/mol. The minimum atomic E-state index is 0.375. The van der Waals surface area contributed by atoms with Crippen LogP contribution in [0, 0.1) is 6.92 Å². The molecule has 1 heteroatoms. The second kappa shape index (κ2) is 8.99. The van der Waals surface area contributed by atoms with E-state index < -0.39 is 0 Å². The van der Waals surface area contributed by atoms with E-state index in [0.29, 0.717) is 5.92 Å². The maximum atomic E-state index is 3.96. The third-order valence-corrected chi connectivity index (χ3v) is 3.88. The first kappa shape index (κ1) is 18.8. The third-order valence-electron chi connectivity index (χ3n) is 3.88. The lowest BCUT2D eigenvalue weighted by molar-refractivity contribution is 0.889. The Morgan fingerprint density at radius 3 is 2.43 bits per heavy atom. The highest BCUT2D eigenvalue weighted by Crippen LogP contribution is 2.26. The monoisotopic (exact) mass is 307 g/mol. The van der Waals surface area contributed by atoms with Gasteiger partial charge in [0.2, 0.25) is 0 Å². The first-order valence-electron chi connectivity index (χ1n) is 8.01. The van der Waals surface area contributed by atoms with Crippen LogP contribution in [0.25, 0.3) is 0 Å². The van der Waals surface area contributed by atoms with Crippen LogP contribution in [0.1, 0.15) is 44.7 Å². The molecule has 1 unspecified atom stereocenters. The molecular formula is C22H29N. The standard InChI is InChI=1S/C22H29N/c1-8-23-15-22(19(6)12-16(2)3)14-18(5)20(7)21-11-9-10-17(4)13-21/h8-15,20,23H,1-2H2,3-7H3/b18-14-,19-12+,22-15?. The van der Waals surface area contributed by atoms with Crippen LogP contribution in [0.4, 0.5) is 0 Å². The Morgan fingerprint density at radius 2 is 1.87 bits per heavy atom. The van der Waals surface area contributed by atoms with Gasteiger partial charge < -0.3 is 5.32 Å². The van der Waals surface area contributed by atoms with Gasteiger partial charge in [0.05, 0.1) is 0 Å². The van der Waals surface area contributed by atoms with E-state index in [2.05, 4.69) is 82.6 Å². The van der Waals surface area contributed by atoms with Gasteiger partial charge in [0.15, 0.2) is 0 Å². The minimum absolute atomic E-state index is 0.375. The highest BCUT2D eigenvalue weighted by atomic mass is 14.8. The number of aryl methyl sites for hydroxylation is 1. The van der Waals surface area contributed by atoms with Gasteiger partial charge in [-0.05, 0) is 50.6 Å². The maximum absolute atomic E-state index is 3.96. The summed E-state index contributed by atoms with van der Waals surface area (Å²) >= 11 is 0. The summed E-state index contributed by atoms with van der Waals surface area (Å²) in [5, 5.41) is 3.08. The molecule has 0 radical (unpaired) electrons. The molecule has 0 aromatic heterocycles. The SMILES string of the molecule is C=CNC=C(/C=C(/C)C(C)c1cccc(C)c1)/C(C)=C/C(=C)C. The van der Waals surface area contributed by atoms with E-state index in [1.54, 1.807) is 6.20 Å². The van der Waals surface area contributed by atoms with E-state index in [0.717, 1.165) is 11.1 Å². The van der Waals surface area contributed by atoms with Gasteiger partial charge in [-0.1, -0.05) is 73.2 Å². The Hall–Kier alpha value is -2.28. The zero-order valence-corrected chi connectivity index (χ0v) is 15.1. The molecule has 1 aromatic rings. The van der Waals surface area contributed by atoms with Crippen molar-refractivity contribution in [3.8, 4) is 0 Å². The van der Waals surface area contributed by atoms with Crippen LogP contribution in [0.2, 0.25) is 0 Å². The molecule has 0 aliphatic rings. The van der Waals surface area contributed by atoms with Crippen molar-refractivity contribution < 1.29 is 0 Å². The molecule has 0 aliphatic heterocycles. The van der Waals surface area contributed by atoms with Crippen LogP contribution < -0.4 is 5.32 Å². The summed E-state index contributed by atoms with van der Waals surface area (Å²) < 4.78 is 0. The van der Waals surface area contributed by atoms with Crippen LogP contribution in [-0.2, 0) is 0 Å². The van der Waals surface area contributed by atoms with E-state index in [-0.39, 0.29) is 0 Å². The second-order valence-electron chi connectivity index (χ2n) is 6.17. The van der Waals surface area contributed by atoms with Crippen molar-refractivity contribution in [1.82, 2.24) is 5.32 Å². The Labute approximate surface area is 141 Å². The number of hydrogen-bond donors (Lipinski definition) is 1. The highest BCUT2D eigenvalue weighted by Gasteiger charge is 2.09. The smallest absolute Gasteiger partial charge is 0.00800 e. The molecule has 122 valence electrons. The normalized spacial score (nSPS) is 14.4. The number of rotatable bonds is 7. The predicted octanol–water partition coefficient (Wildman–Crippen LogP) is 6.18. The lowest BCUT2D eigenvalue weighted by Gasteiger charge is -2.15. The van der Waals surface area contributed by atoms with Crippen molar-refractivity contribution in [3.63, 3.8) is 0 Å². The highest BCUT2D eigenvalue weighted by molar-refractivity contribution is 5.44. The molecule has 1 aromatic carbocycles. The molecule has 1 N–H and O–H groups in total. The van der Waals surface area contributed by atoms with Crippen molar-refractivity contribution in [2.24, 2.45) is 0 Å². The lowest BCUT2D eigenvalue weighted by Crippen LogP contribution is -1.99. The number of allylic oxidation sites excluding steroid dienone is 6. The quantitative estimate of drug-likeness (QED) is 0.593. The van der Waals surface area contributed by atoms with Crippen molar-refractivity contribution >= 4 is 0 Å². The van der Waals surface area contributed by atoms with Crippen LogP contribution >= 0.6 is 0 Å². The fraction of sp³-hybridized carbons (Fsp3) is 0.273. The molecule has 1 atom stereocenters. The average Bonchev–Trinajstić information content (AvgIpc) is 2.49. The lowest BCUT2D eigenvalue weighted by atomic mass is 9.90. The van der Waals surface area contributed by atoms with Gasteiger partial charge in [0.25, 0.3) is 0 Å². The first-order valence-corrected chi connectivity index (χ1v) is 8.01. The van der Waals surface area contributed by atoms with Gasteiger partial charge in [-0.2, -0.15) is 0 Å². The van der Waals surface area contributed by atoms with Gasteiger partial charge in [-0.15, -0.1) is 0 Å². The Bertz CT molecular complexity index is 656. The van der Waals surface area contributed by atoms with Crippen molar-refractivity contribution in [1.29, 1.82) is 0 Å². The fourth-order valence-corrected chi connectivity index (χ4v) is 2.44. The summed E-state index contributed by atoms with van der Waals surface area (Å²) in [6.45, 7) is 18.4. The van der Waals surface area contributed by atoms with Crippen molar-refractivity contribution in [3.05, 3.63) is 95.4 Å². The molecule has 0 aliphatic carbocycles. The second-order valence-corrected chi connectivity index (χ2v) is 6.17. The number of hydrogen-bond acceptors (Lipinski definition) is 1. The van der Waals surface area contributed by atoms with Crippen LogP contribution in [0.3, 0.4) is 0 Å². The molecule has 23 heavy (non-hydrogen) atoms. The van der Waals surface area contributed by atoms with E-state index in [4.69, 9.17) is 0 Å². The molecule has 1 nitrogen and oxygen atoms in total. The summed E-state index contributed by atoms with van der Waals surface area (Å²) in [7, 11) is 0. The summed E-state index contributed by atoms with van der Waals surface area (Å²) in [5.74, 6) is 0.375. The summed E-state index contributed by atoms with van der Waals surface area (Å²) in [6, 6.07) is 8.70. The van der Waals surface area contributed by atoms with Crippen LogP contribution in [-0.4, -0.2) is 0 Å². The number of benzene rings is 1. The van der Waals surface area contributed by atoms with Gasteiger partial charge in [0.1, 0.15) is 0 Å². The van der Waals surface area contributed by atoms with Crippen LogP contribution in [0.5, 0.6) is 0 Å². The third kappa shape index (κ3) is 6.15. The van der Waals surface area contributed by atoms with Crippen LogP contribution in [0.15, 0.2) is 84.3 Å². The van der Waals surface area contributed by atoms with Gasteiger partial charge in [-0.3, -0.25) is 0 Å². The first-order chi connectivity index (χ1) is 10.8. The Kier molecular flexibility index (Phi) is 7.34. The van der Waals surface area contributed by atoms with Gasteiger partial charge in [-0.25, -0.2) is 0 Å². The molecule has 0 spiro atoms. The summed E-state index contributed by atoms with van der Waals surface area (Å²) in [6.07, 6.45) is 7.99. The topological polar surface area (TPSA) is 12.0 Å². The zero-order valence-electron chi connectivity index (χ0n) is 15.1. The fourth-order valence-electron chi connectivity index (χ4n) is 2.44. The Balaban J connectivity index is 3.15. The summed E-state index contributed by atoms with van der Waals surface area (Å²) in [4.78, 5) is 0. The Morgan fingerprint density at radius 1 is 1.17 bits per heavy atom. The van der Waals surface area contributed by atoms with E-state index >= 15 is 0 Å². The summed E-state index contributed by atoms with van der Waals surface area (Å²) in [5.41, 5.74) is 7.33. The molecule has 0 fully saturated rings. The number of nitrogens with one attached hydrogen (secondary N) is 1. The van der Waals surface area contributed by atoms with Crippen molar-refractivity contribution in [2.75, 3.05) is 0 Å². The molecule has 1 rings (SSSR count). The average molecular weight is 307 g/mol. The van der Waals surface area contributed by atoms with Gasteiger partial charge >= 0.3 is 0 Å². The molecule has 0 saturated heterocycles. The molecule has 0 saturated carbocycles. The molecule has 0 bridgehead atoms. The van der Waals surface area contributed by atoms with Crippen molar-refractivity contribution in [2.45, 2.75) is 40.5 Å². The molecule has 0 heterocycles. The van der Waals surface area contributed by atoms with Gasteiger partial charge in [0, 0.05) is 12.1 Å². The largest absolute Gasteiger partial charge is 0.368 e. The zero-order chi connectivity index (χ0) is 17.4.